The Morgan fingerprint density at radius 3 is 2.53 bits per heavy atom. The molecule has 1 saturated heterocycles. The molecule has 170 valence electrons. The minimum absolute atomic E-state index is 0.0654. The average Bonchev–Trinajstić information content (AvgIpc) is 3.45. The molecular weight excluding hydrogens is 440 g/mol. The molecule has 0 bridgehead atoms. The lowest BCUT2D eigenvalue weighted by Gasteiger charge is -2.28. The Bertz CT molecular complexity index is 1770. The van der Waals surface area contributed by atoms with E-state index in [0.717, 1.165) is 39.6 Å². The molecule has 1 aliphatic heterocycles. The van der Waals surface area contributed by atoms with Gasteiger partial charge in [-0.2, -0.15) is 10.5 Å². The number of allylic oxidation sites excluding steroid dienone is 5. The standard InChI is InChI=1S/C32H22N4/c33-19-21-13-15-31-26(17-21)24-8-2-5-11-29(24)35(31)23-14-16-32-27(18-23)25-9-3-6-12-30(25)36(32)28-10-4-1-7-22(28)20-34/h1-12,14-18,21,24,29H,13H2. The Morgan fingerprint density at radius 1 is 0.833 bits per heavy atom. The lowest BCUT2D eigenvalue weighted by molar-refractivity contribution is 0.698. The van der Waals surface area contributed by atoms with E-state index in [1.807, 2.05) is 30.3 Å². The molecule has 0 radical (unpaired) electrons. The van der Waals surface area contributed by atoms with Crippen LogP contribution >= 0.6 is 0 Å². The summed E-state index contributed by atoms with van der Waals surface area (Å²) >= 11 is 0. The summed E-state index contributed by atoms with van der Waals surface area (Å²) < 4.78 is 2.20. The number of hydrogen-bond acceptors (Lipinski definition) is 3. The van der Waals surface area contributed by atoms with Gasteiger partial charge in [-0.1, -0.05) is 66.8 Å². The molecule has 36 heavy (non-hydrogen) atoms. The quantitative estimate of drug-likeness (QED) is 0.324. The number of rotatable bonds is 2. The number of hydrogen-bond donors (Lipinski definition) is 0. The van der Waals surface area contributed by atoms with E-state index in [4.69, 9.17) is 0 Å². The fourth-order valence-electron chi connectivity index (χ4n) is 6.07. The Kier molecular flexibility index (Phi) is 4.50. The summed E-state index contributed by atoms with van der Waals surface area (Å²) in [6.07, 6.45) is 13.9. The summed E-state index contributed by atoms with van der Waals surface area (Å²) in [6.45, 7) is 0. The van der Waals surface area contributed by atoms with E-state index >= 15 is 0 Å². The van der Waals surface area contributed by atoms with Crippen LogP contribution in [0.2, 0.25) is 0 Å². The van der Waals surface area contributed by atoms with Gasteiger partial charge in [0.1, 0.15) is 6.07 Å². The zero-order valence-electron chi connectivity index (χ0n) is 19.5. The SMILES string of the molecule is N#Cc1ccccc1-n1c2ccccc2c2cc(N3C4=CCC(C#N)C=C4C4C=CC=CC43)ccc21. The molecule has 3 unspecified atom stereocenters. The molecule has 3 aliphatic rings. The molecule has 4 aromatic rings. The van der Waals surface area contributed by atoms with E-state index in [-0.39, 0.29) is 17.9 Å². The fourth-order valence-corrected chi connectivity index (χ4v) is 6.07. The van der Waals surface area contributed by atoms with Crippen LogP contribution in [0.15, 0.2) is 114 Å². The second-order valence-electron chi connectivity index (χ2n) is 9.52. The van der Waals surface area contributed by atoms with Crippen molar-refractivity contribution in [3.05, 3.63) is 120 Å². The first kappa shape index (κ1) is 20.6. The predicted octanol–water partition coefficient (Wildman–Crippen LogP) is 6.94. The molecule has 0 N–H and O–H groups in total. The molecule has 4 nitrogen and oxygen atoms in total. The van der Waals surface area contributed by atoms with Crippen LogP contribution in [0.4, 0.5) is 5.69 Å². The first-order valence-corrected chi connectivity index (χ1v) is 12.3. The van der Waals surface area contributed by atoms with Crippen molar-refractivity contribution in [3.63, 3.8) is 0 Å². The van der Waals surface area contributed by atoms with Crippen LogP contribution in [0.5, 0.6) is 0 Å². The van der Waals surface area contributed by atoms with Gasteiger partial charge in [-0.05, 0) is 48.4 Å². The Morgan fingerprint density at radius 2 is 1.64 bits per heavy atom. The molecule has 3 atom stereocenters. The van der Waals surface area contributed by atoms with Gasteiger partial charge in [0.05, 0.1) is 40.3 Å². The molecule has 1 aromatic heterocycles. The van der Waals surface area contributed by atoms with Gasteiger partial charge in [-0.25, -0.2) is 0 Å². The average molecular weight is 463 g/mol. The second kappa shape index (κ2) is 7.87. The zero-order chi connectivity index (χ0) is 24.2. The highest BCUT2D eigenvalue weighted by Gasteiger charge is 2.41. The summed E-state index contributed by atoms with van der Waals surface area (Å²) in [5, 5.41) is 21.7. The smallest absolute Gasteiger partial charge is 0.101 e. The minimum Gasteiger partial charge on any atom is -0.334 e. The molecule has 2 heterocycles. The van der Waals surface area contributed by atoms with Gasteiger partial charge >= 0.3 is 0 Å². The molecule has 0 spiro atoms. The molecule has 0 saturated carbocycles. The monoisotopic (exact) mass is 462 g/mol. The lowest BCUT2D eigenvalue weighted by Crippen LogP contribution is -2.30. The summed E-state index contributed by atoms with van der Waals surface area (Å²) in [5.41, 5.74) is 7.31. The Hall–Kier alpha value is -4.80. The molecule has 3 aromatic carbocycles. The van der Waals surface area contributed by atoms with Gasteiger partial charge in [0, 0.05) is 28.1 Å². The maximum Gasteiger partial charge on any atom is 0.101 e. The van der Waals surface area contributed by atoms with Crippen LogP contribution in [-0.4, -0.2) is 10.6 Å². The highest BCUT2D eigenvalue weighted by molar-refractivity contribution is 6.10. The number of aromatic nitrogens is 1. The second-order valence-corrected chi connectivity index (χ2v) is 9.52. The normalized spacial score (nSPS) is 22.1. The lowest BCUT2D eigenvalue weighted by atomic mass is 9.86. The first-order chi connectivity index (χ1) is 17.8. The van der Waals surface area contributed by atoms with Gasteiger partial charge in [-0.15, -0.1) is 0 Å². The van der Waals surface area contributed by atoms with Gasteiger partial charge in [0.2, 0.25) is 0 Å². The van der Waals surface area contributed by atoms with E-state index in [0.29, 0.717) is 5.56 Å². The van der Waals surface area contributed by atoms with E-state index in [9.17, 15) is 10.5 Å². The summed E-state index contributed by atoms with van der Waals surface area (Å²) in [4.78, 5) is 2.43. The molecule has 0 amide bonds. The zero-order valence-corrected chi connectivity index (χ0v) is 19.5. The molecular formula is C32H22N4. The Balaban J connectivity index is 1.45. The van der Waals surface area contributed by atoms with Crippen molar-refractivity contribution in [3.8, 4) is 17.8 Å². The van der Waals surface area contributed by atoms with Crippen LogP contribution in [0.1, 0.15) is 12.0 Å². The number of nitriles is 2. The third-order valence-corrected chi connectivity index (χ3v) is 7.63. The van der Waals surface area contributed by atoms with Crippen LogP contribution in [0.25, 0.3) is 27.5 Å². The number of anilines is 1. The van der Waals surface area contributed by atoms with E-state index < -0.39 is 0 Å². The summed E-state index contributed by atoms with van der Waals surface area (Å²) in [6, 6.07) is 27.8. The van der Waals surface area contributed by atoms with Crippen molar-refractivity contribution >= 4 is 27.5 Å². The predicted molar refractivity (Wildman–Crippen MR) is 143 cm³/mol. The largest absolute Gasteiger partial charge is 0.334 e. The summed E-state index contributed by atoms with van der Waals surface area (Å²) in [7, 11) is 0. The van der Waals surface area contributed by atoms with Crippen molar-refractivity contribution in [2.24, 2.45) is 11.8 Å². The van der Waals surface area contributed by atoms with Crippen molar-refractivity contribution in [1.29, 1.82) is 10.5 Å². The summed E-state index contributed by atoms with van der Waals surface area (Å²) in [5.74, 6) is 0.182. The third kappa shape index (κ3) is 2.85. The fraction of sp³-hybridized carbons (Fsp3) is 0.125. The molecule has 1 fully saturated rings. The highest BCUT2D eigenvalue weighted by Crippen LogP contribution is 2.47. The molecule has 2 aliphatic carbocycles. The van der Waals surface area contributed by atoms with Gasteiger partial charge in [0.25, 0.3) is 0 Å². The van der Waals surface area contributed by atoms with Crippen LogP contribution in [0.3, 0.4) is 0 Å². The molecule has 4 heteroatoms. The van der Waals surface area contributed by atoms with E-state index in [1.165, 1.54) is 11.3 Å². The van der Waals surface area contributed by atoms with Crippen molar-refractivity contribution in [1.82, 2.24) is 4.57 Å². The highest BCUT2D eigenvalue weighted by atomic mass is 15.2. The van der Waals surface area contributed by atoms with Crippen LogP contribution < -0.4 is 4.90 Å². The molecule has 7 rings (SSSR count). The van der Waals surface area contributed by atoms with Crippen molar-refractivity contribution < 1.29 is 0 Å². The van der Waals surface area contributed by atoms with Crippen molar-refractivity contribution in [2.45, 2.75) is 12.5 Å². The topological polar surface area (TPSA) is 55.8 Å². The van der Waals surface area contributed by atoms with E-state index in [1.54, 1.807) is 0 Å². The number of para-hydroxylation sites is 2. The number of nitrogens with zero attached hydrogens (tertiary/aromatic N) is 4. The van der Waals surface area contributed by atoms with Crippen molar-refractivity contribution in [2.75, 3.05) is 4.90 Å². The van der Waals surface area contributed by atoms with Crippen LogP contribution in [0, 0.1) is 34.5 Å². The first-order valence-electron chi connectivity index (χ1n) is 12.3. The van der Waals surface area contributed by atoms with E-state index in [2.05, 4.69) is 94.5 Å². The third-order valence-electron chi connectivity index (χ3n) is 7.63. The van der Waals surface area contributed by atoms with Gasteiger partial charge in [-0.3, -0.25) is 0 Å². The van der Waals surface area contributed by atoms with Gasteiger partial charge in [0.15, 0.2) is 0 Å². The number of fused-ring (bicyclic) bond motifs is 6. The number of benzene rings is 3. The van der Waals surface area contributed by atoms with Crippen LogP contribution in [-0.2, 0) is 0 Å². The minimum atomic E-state index is -0.0654. The van der Waals surface area contributed by atoms with Gasteiger partial charge < -0.3 is 9.47 Å². The maximum absolute atomic E-state index is 9.79. The Labute approximate surface area is 209 Å². The maximum atomic E-state index is 9.79.